The van der Waals surface area contributed by atoms with Crippen molar-refractivity contribution in [1.82, 2.24) is 4.90 Å². The summed E-state index contributed by atoms with van der Waals surface area (Å²) in [6, 6.07) is 5.95. The summed E-state index contributed by atoms with van der Waals surface area (Å²) < 4.78 is 0. The van der Waals surface area contributed by atoms with E-state index >= 15 is 0 Å². The molecule has 0 radical (unpaired) electrons. The number of hydrogen-bond acceptors (Lipinski definition) is 4. The topological polar surface area (TPSA) is 101 Å². The number of carboxylic acid groups (broad SMARTS) is 1. The van der Waals surface area contributed by atoms with Gasteiger partial charge in [0.2, 0.25) is 5.91 Å². The maximum atomic E-state index is 12.1. The summed E-state index contributed by atoms with van der Waals surface area (Å²) in [6.07, 6.45) is 0. The summed E-state index contributed by atoms with van der Waals surface area (Å²) in [5.41, 5.74) is 0.657. The van der Waals surface area contributed by atoms with Gasteiger partial charge in [0.1, 0.15) is 0 Å². The second-order valence-corrected chi connectivity index (χ2v) is 4.64. The van der Waals surface area contributed by atoms with Crippen molar-refractivity contribution >= 4 is 17.6 Å². The van der Waals surface area contributed by atoms with Gasteiger partial charge in [0.05, 0.1) is 4.92 Å². The fraction of sp³-hybridized carbons (Fsp3) is 0.286. The van der Waals surface area contributed by atoms with Crippen molar-refractivity contribution in [2.45, 2.75) is 20.4 Å². The summed E-state index contributed by atoms with van der Waals surface area (Å²) >= 11 is 0. The zero-order chi connectivity index (χ0) is 16.2. The molecule has 1 aromatic carbocycles. The van der Waals surface area contributed by atoms with E-state index in [1.54, 1.807) is 6.07 Å². The standard InChI is InChI=1S/C14H16N2O5/c1-9(10(2)14(18)19)13(17)15(3)8-11-5-4-6-12(7-11)16(20)21/h4-7H,8H2,1-3H3,(H,18,19). The Morgan fingerprint density at radius 3 is 2.43 bits per heavy atom. The first-order valence-electron chi connectivity index (χ1n) is 6.13. The Labute approximate surface area is 121 Å². The summed E-state index contributed by atoms with van der Waals surface area (Å²) in [5.74, 6) is -1.58. The Morgan fingerprint density at radius 2 is 1.90 bits per heavy atom. The summed E-state index contributed by atoms with van der Waals surface area (Å²) in [6.45, 7) is 2.96. The minimum atomic E-state index is -1.15. The number of carboxylic acids is 1. The number of carbonyl (C=O) groups excluding carboxylic acids is 1. The van der Waals surface area contributed by atoms with E-state index in [1.807, 2.05) is 0 Å². The van der Waals surface area contributed by atoms with Crippen LogP contribution in [0.4, 0.5) is 5.69 Å². The molecule has 7 heteroatoms. The Hall–Kier alpha value is -2.70. The van der Waals surface area contributed by atoms with Crippen molar-refractivity contribution in [1.29, 1.82) is 0 Å². The average molecular weight is 292 g/mol. The third-order valence-electron chi connectivity index (χ3n) is 3.09. The van der Waals surface area contributed by atoms with E-state index in [1.165, 1.54) is 44.0 Å². The molecule has 1 aromatic rings. The van der Waals surface area contributed by atoms with Gasteiger partial charge in [-0.25, -0.2) is 4.79 Å². The Morgan fingerprint density at radius 1 is 1.29 bits per heavy atom. The number of rotatable bonds is 5. The molecule has 0 aliphatic heterocycles. The molecule has 0 fully saturated rings. The number of amides is 1. The molecule has 0 aliphatic rings. The first kappa shape index (κ1) is 16.4. The van der Waals surface area contributed by atoms with Gasteiger partial charge in [-0.3, -0.25) is 14.9 Å². The van der Waals surface area contributed by atoms with Crippen molar-refractivity contribution in [2.24, 2.45) is 0 Å². The maximum absolute atomic E-state index is 12.1. The van der Waals surface area contributed by atoms with Crippen LogP contribution in [0.1, 0.15) is 19.4 Å². The molecule has 21 heavy (non-hydrogen) atoms. The third kappa shape index (κ3) is 4.13. The van der Waals surface area contributed by atoms with Crippen LogP contribution in [0.15, 0.2) is 35.4 Å². The van der Waals surface area contributed by atoms with Gasteiger partial charge >= 0.3 is 5.97 Å². The highest BCUT2D eigenvalue weighted by Gasteiger charge is 2.17. The fourth-order valence-corrected chi connectivity index (χ4v) is 1.72. The molecule has 0 heterocycles. The number of benzene rings is 1. The van der Waals surface area contributed by atoms with Gasteiger partial charge < -0.3 is 10.0 Å². The van der Waals surface area contributed by atoms with Crippen LogP contribution < -0.4 is 0 Å². The van der Waals surface area contributed by atoms with Crippen LogP contribution in [0.5, 0.6) is 0 Å². The lowest BCUT2D eigenvalue weighted by atomic mass is 10.1. The van der Waals surface area contributed by atoms with Crippen molar-refractivity contribution in [3.05, 3.63) is 51.1 Å². The molecule has 0 saturated heterocycles. The molecule has 0 unspecified atom stereocenters. The van der Waals surface area contributed by atoms with Gasteiger partial charge in [-0.2, -0.15) is 0 Å². The largest absolute Gasteiger partial charge is 0.478 e. The molecule has 0 aliphatic carbocycles. The van der Waals surface area contributed by atoms with Crippen LogP contribution in [0.3, 0.4) is 0 Å². The number of nitro benzene ring substituents is 1. The summed E-state index contributed by atoms with van der Waals surface area (Å²) in [4.78, 5) is 34.4. The van der Waals surface area contributed by atoms with Crippen LogP contribution in [-0.2, 0) is 16.1 Å². The van der Waals surface area contributed by atoms with E-state index in [9.17, 15) is 19.7 Å². The highest BCUT2D eigenvalue weighted by atomic mass is 16.6. The van der Waals surface area contributed by atoms with E-state index in [2.05, 4.69) is 0 Å². The number of carbonyl (C=O) groups is 2. The van der Waals surface area contributed by atoms with Crippen molar-refractivity contribution in [2.75, 3.05) is 7.05 Å². The van der Waals surface area contributed by atoms with Crippen LogP contribution in [0.2, 0.25) is 0 Å². The van der Waals surface area contributed by atoms with Crippen molar-refractivity contribution in [3.63, 3.8) is 0 Å². The first-order chi connectivity index (χ1) is 9.73. The van der Waals surface area contributed by atoms with Gasteiger partial charge in [-0.05, 0) is 19.4 Å². The van der Waals surface area contributed by atoms with E-state index in [0.717, 1.165) is 0 Å². The molecule has 7 nitrogen and oxygen atoms in total. The molecule has 0 spiro atoms. The van der Waals surface area contributed by atoms with Gasteiger partial charge in [-0.1, -0.05) is 12.1 Å². The van der Waals surface area contributed by atoms with Crippen LogP contribution in [0.25, 0.3) is 0 Å². The zero-order valence-corrected chi connectivity index (χ0v) is 12.0. The lowest BCUT2D eigenvalue weighted by molar-refractivity contribution is -0.384. The number of hydrogen-bond donors (Lipinski definition) is 1. The second kappa shape index (κ2) is 6.65. The molecule has 1 N–H and O–H groups in total. The molecule has 1 rings (SSSR count). The second-order valence-electron chi connectivity index (χ2n) is 4.64. The number of nitrogens with zero attached hydrogens (tertiary/aromatic N) is 2. The van der Waals surface area contributed by atoms with Gasteiger partial charge in [0, 0.05) is 36.9 Å². The van der Waals surface area contributed by atoms with E-state index in [-0.39, 0.29) is 23.4 Å². The Balaban J connectivity index is 2.91. The SMILES string of the molecule is CC(C(=O)O)=C(C)C(=O)N(C)Cc1cccc([N+](=O)[O-])c1. The Bertz CT molecular complexity index is 622. The number of likely N-dealkylation sites (N-methyl/N-ethyl adjacent to an activating group) is 1. The van der Waals surface area contributed by atoms with Crippen LogP contribution in [0, 0.1) is 10.1 Å². The van der Waals surface area contributed by atoms with Gasteiger partial charge in [-0.15, -0.1) is 0 Å². The highest BCUT2D eigenvalue weighted by molar-refractivity contribution is 6.01. The normalized spacial score (nSPS) is 11.6. The zero-order valence-electron chi connectivity index (χ0n) is 12.0. The minimum absolute atomic E-state index is 0.0223. The summed E-state index contributed by atoms with van der Waals surface area (Å²) in [7, 11) is 1.51. The first-order valence-corrected chi connectivity index (χ1v) is 6.13. The quantitative estimate of drug-likeness (QED) is 0.508. The molecule has 0 saturated carbocycles. The van der Waals surface area contributed by atoms with Gasteiger partial charge in [0.25, 0.3) is 5.69 Å². The predicted molar refractivity (Wildman–Crippen MR) is 75.6 cm³/mol. The maximum Gasteiger partial charge on any atom is 0.331 e. The lowest BCUT2D eigenvalue weighted by Gasteiger charge is -2.18. The van der Waals surface area contributed by atoms with E-state index in [0.29, 0.717) is 5.56 Å². The lowest BCUT2D eigenvalue weighted by Crippen LogP contribution is -2.28. The summed E-state index contributed by atoms with van der Waals surface area (Å²) in [5, 5.41) is 19.6. The monoisotopic (exact) mass is 292 g/mol. The number of non-ortho nitro benzene ring substituents is 1. The van der Waals surface area contributed by atoms with E-state index in [4.69, 9.17) is 5.11 Å². The molecular formula is C14H16N2O5. The smallest absolute Gasteiger partial charge is 0.331 e. The van der Waals surface area contributed by atoms with Gasteiger partial charge in [0.15, 0.2) is 0 Å². The molecule has 112 valence electrons. The van der Waals surface area contributed by atoms with Crippen molar-refractivity contribution in [3.8, 4) is 0 Å². The molecule has 0 atom stereocenters. The van der Waals surface area contributed by atoms with Crippen LogP contribution >= 0.6 is 0 Å². The number of aliphatic carboxylic acids is 1. The molecule has 1 amide bonds. The average Bonchev–Trinajstić information content (AvgIpc) is 2.44. The molecule has 0 aromatic heterocycles. The van der Waals surface area contributed by atoms with E-state index < -0.39 is 16.8 Å². The number of nitro groups is 1. The predicted octanol–water partition coefficient (Wildman–Crippen LogP) is 1.97. The van der Waals surface area contributed by atoms with Crippen molar-refractivity contribution < 1.29 is 19.6 Å². The van der Waals surface area contributed by atoms with Crippen LogP contribution in [-0.4, -0.2) is 33.9 Å². The minimum Gasteiger partial charge on any atom is -0.478 e. The molecular weight excluding hydrogens is 276 g/mol. The highest BCUT2D eigenvalue weighted by Crippen LogP contribution is 2.15. The fourth-order valence-electron chi connectivity index (χ4n) is 1.72. The molecule has 0 bridgehead atoms. The Kier molecular flexibility index (Phi) is 5.18. The third-order valence-corrected chi connectivity index (χ3v) is 3.09.